The number of aliphatic hydroxyl groups is 2. The summed E-state index contributed by atoms with van der Waals surface area (Å²) < 4.78 is 0. The van der Waals surface area contributed by atoms with E-state index in [0.29, 0.717) is 0 Å². The molecule has 1 aromatic rings. The molecule has 2 amide bonds. The third-order valence-corrected chi connectivity index (χ3v) is 3.94. The third-order valence-electron chi connectivity index (χ3n) is 3.94. The molecular weight excluding hydrogens is 312 g/mol. The van der Waals surface area contributed by atoms with E-state index in [2.05, 4.69) is 5.32 Å². The van der Waals surface area contributed by atoms with Gasteiger partial charge in [-0.1, -0.05) is 44.2 Å². The zero-order chi connectivity index (χ0) is 18.3. The molecule has 0 unspecified atom stereocenters. The molecule has 2 atom stereocenters. The second-order valence-corrected chi connectivity index (χ2v) is 6.54. The summed E-state index contributed by atoms with van der Waals surface area (Å²) in [6.45, 7) is 4.75. The van der Waals surface area contributed by atoms with E-state index < -0.39 is 29.6 Å². The van der Waals surface area contributed by atoms with Crippen LogP contribution in [0.2, 0.25) is 0 Å². The number of aliphatic hydroxyl groups excluding tert-OH is 2. The van der Waals surface area contributed by atoms with Gasteiger partial charge in [0.2, 0.25) is 5.91 Å². The van der Waals surface area contributed by atoms with Gasteiger partial charge in [-0.15, -0.1) is 0 Å². The smallest absolute Gasteiger partial charge is 0.407 e. The topological polar surface area (TPSA) is 110 Å². The Labute approximate surface area is 141 Å². The molecule has 1 aromatic carbocycles. The lowest BCUT2D eigenvalue weighted by Gasteiger charge is -2.30. The van der Waals surface area contributed by atoms with E-state index in [0.717, 1.165) is 5.56 Å². The monoisotopic (exact) mass is 338 g/mol. The predicted octanol–water partition coefficient (Wildman–Crippen LogP) is 1.05. The highest BCUT2D eigenvalue weighted by atomic mass is 16.4. The van der Waals surface area contributed by atoms with E-state index in [-0.39, 0.29) is 19.7 Å². The minimum absolute atomic E-state index is 0.0660. The van der Waals surface area contributed by atoms with Gasteiger partial charge in [-0.05, 0) is 12.5 Å². The molecule has 0 spiro atoms. The average Bonchev–Trinajstić information content (AvgIpc) is 2.57. The van der Waals surface area contributed by atoms with Crippen LogP contribution >= 0.6 is 0 Å². The van der Waals surface area contributed by atoms with Crippen molar-refractivity contribution in [1.82, 2.24) is 10.2 Å². The highest BCUT2D eigenvalue weighted by Crippen LogP contribution is 2.19. The van der Waals surface area contributed by atoms with Crippen molar-refractivity contribution in [3.05, 3.63) is 35.9 Å². The number of hydrogen-bond acceptors (Lipinski definition) is 4. The quantitative estimate of drug-likeness (QED) is 0.566. The maximum Gasteiger partial charge on any atom is 0.407 e. The Hall–Kier alpha value is -2.12. The van der Waals surface area contributed by atoms with Gasteiger partial charge in [0.05, 0.1) is 6.61 Å². The Morgan fingerprint density at radius 1 is 1.25 bits per heavy atom. The summed E-state index contributed by atoms with van der Waals surface area (Å²) in [5.41, 5.74) is -0.122. The average molecular weight is 338 g/mol. The van der Waals surface area contributed by atoms with E-state index in [1.54, 1.807) is 20.8 Å². The first-order valence-corrected chi connectivity index (χ1v) is 7.79. The SMILES string of the molecule is C[C@@H](CNC(=O)[C@@H](O)C(C)(C)CO)N(Cc1ccccc1)C(=O)O. The van der Waals surface area contributed by atoms with E-state index >= 15 is 0 Å². The number of benzene rings is 1. The molecule has 0 aliphatic heterocycles. The maximum atomic E-state index is 12.0. The summed E-state index contributed by atoms with van der Waals surface area (Å²) in [5, 5.41) is 31.0. The molecule has 24 heavy (non-hydrogen) atoms. The highest BCUT2D eigenvalue weighted by molar-refractivity contribution is 5.81. The fourth-order valence-corrected chi connectivity index (χ4v) is 2.09. The van der Waals surface area contributed by atoms with Crippen LogP contribution in [0.15, 0.2) is 30.3 Å². The van der Waals surface area contributed by atoms with Gasteiger partial charge in [0.15, 0.2) is 0 Å². The molecule has 0 aliphatic carbocycles. The Morgan fingerprint density at radius 2 is 1.83 bits per heavy atom. The lowest BCUT2D eigenvalue weighted by atomic mass is 9.87. The Morgan fingerprint density at radius 3 is 2.33 bits per heavy atom. The molecule has 1 rings (SSSR count). The van der Waals surface area contributed by atoms with E-state index in [1.165, 1.54) is 4.90 Å². The number of carbonyl (C=O) groups excluding carboxylic acids is 1. The second-order valence-electron chi connectivity index (χ2n) is 6.54. The summed E-state index contributed by atoms with van der Waals surface area (Å²) in [5.74, 6) is -0.633. The van der Waals surface area contributed by atoms with Crippen molar-refractivity contribution < 1.29 is 24.9 Å². The largest absolute Gasteiger partial charge is 0.465 e. The van der Waals surface area contributed by atoms with Gasteiger partial charge in [-0.3, -0.25) is 9.69 Å². The zero-order valence-electron chi connectivity index (χ0n) is 14.3. The number of nitrogens with one attached hydrogen (secondary N) is 1. The van der Waals surface area contributed by atoms with Crippen LogP contribution in [-0.2, 0) is 11.3 Å². The van der Waals surface area contributed by atoms with Crippen LogP contribution in [0.1, 0.15) is 26.3 Å². The molecule has 7 heteroatoms. The number of rotatable bonds is 8. The van der Waals surface area contributed by atoms with Gasteiger partial charge in [0.1, 0.15) is 6.10 Å². The molecule has 0 saturated heterocycles. The van der Waals surface area contributed by atoms with E-state index in [1.807, 2.05) is 30.3 Å². The third kappa shape index (κ3) is 5.50. The summed E-state index contributed by atoms with van der Waals surface area (Å²) in [6.07, 6.45) is -2.46. The molecule has 0 aromatic heterocycles. The van der Waals surface area contributed by atoms with Crippen molar-refractivity contribution in [2.24, 2.45) is 5.41 Å². The molecule has 134 valence electrons. The molecule has 0 radical (unpaired) electrons. The number of carbonyl (C=O) groups is 2. The predicted molar refractivity (Wildman–Crippen MR) is 89.4 cm³/mol. The zero-order valence-corrected chi connectivity index (χ0v) is 14.3. The van der Waals surface area contributed by atoms with Gasteiger partial charge in [0.25, 0.3) is 0 Å². The molecule has 4 N–H and O–H groups in total. The van der Waals surface area contributed by atoms with Gasteiger partial charge >= 0.3 is 6.09 Å². The van der Waals surface area contributed by atoms with Crippen LogP contribution in [0.25, 0.3) is 0 Å². The minimum atomic E-state index is -1.37. The molecule has 0 bridgehead atoms. The first kappa shape index (κ1) is 19.9. The Balaban J connectivity index is 2.64. The van der Waals surface area contributed by atoms with Gasteiger partial charge in [0, 0.05) is 24.5 Å². The van der Waals surface area contributed by atoms with Crippen LogP contribution in [-0.4, -0.2) is 57.5 Å². The van der Waals surface area contributed by atoms with Crippen molar-refractivity contribution >= 4 is 12.0 Å². The maximum absolute atomic E-state index is 12.0. The van der Waals surface area contributed by atoms with Crippen molar-refractivity contribution in [3.8, 4) is 0 Å². The van der Waals surface area contributed by atoms with Crippen LogP contribution in [0.4, 0.5) is 4.79 Å². The molecule has 0 saturated carbocycles. The summed E-state index contributed by atoms with van der Waals surface area (Å²) >= 11 is 0. The molecule has 0 aliphatic rings. The lowest BCUT2D eigenvalue weighted by molar-refractivity contribution is -0.137. The molecule has 0 heterocycles. The Kier molecular flexibility index (Phi) is 7.18. The molecule has 7 nitrogen and oxygen atoms in total. The normalized spacial score (nSPS) is 13.9. The Bertz CT molecular complexity index is 547. The number of carboxylic acid groups (broad SMARTS) is 1. The first-order chi connectivity index (χ1) is 11.2. The minimum Gasteiger partial charge on any atom is -0.465 e. The lowest BCUT2D eigenvalue weighted by Crippen LogP contribution is -2.50. The summed E-state index contributed by atoms with van der Waals surface area (Å²) in [6, 6.07) is 8.69. The molecular formula is C17H26N2O5. The van der Waals surface area contributed by atoms with Crippen LogP contribution < -0.4 is 5.32 Å². The number of hydrogen-bond donors (Lipinski definition) is 4. The highest BCUT2D eigenvalue weighted by Gasteiger charge is 2.33. The summed E-state index contributed by atoms with van der Waals surface area (Å²) in [7, 11) is 0. The van der Waals surface area contributed by atoms with Crippen LogP contribution in [0.3, 0.4) is 0 Å². The van der Waals surface area contributed by atoms with E-state index in [9.17, 15) is 24.9 Å². The standard InChI is InChI=1S/C17H26N2O5/c1-12(9-18-15(22)14(21)17(2,3)11-20)19(16(23)24)10-13-7-5-4-6-8-13/h4-8,12,14,20-21H,9-11H2,1-3H3,(H,18,22)(H,23,24)/t12-,14+/m0/s1. The summed E-state index contributed by atoms with van der Waals surface area (Å²) in [4.78, 5) is 24.6. The van der Waals surface area contributed by atoms with Crippen LogP contribution in [0, 0.1) is 5.41 Å². The van der Waals surface area contributed by atoms with Crippen molar-refractivity contribution in [1.29, 1.82) is 0 Å². The first-order valence-electron chi connectivity index (χ1n) is 7.79. The van der Waals surface area contributed by atoms with Crippen molar-refractivity contribution in [2.45, 2.75) is 39.5 Å². The van der Waals surface area contributed by atoms with Crippen molar-refractivity contribution in [3.63, 3.8) is 0 Å². The van der Waals surface area contributed by atoms with Crippen molar-refractivity contribution in [2.75, 3.05) is 13.2 Å². The van der Waals surface area contributed by atoms with Crippen LogP contribution in [0.5, 0.6) is 0 Å². The fraction of sp³-hybridized carbons (Fsp3) is 0.529. The van der Waals surface area contributed by atoms with Gasteiger partial charge in [-0.2, -0.15) is 0 Å². The van der Waals surface area contributed by atoms with Gasteiger partial charge in [-0.25, -0.2) is 4.79 Å². The second kappa shape index (κ2) is 8.65. The number of nitrogens with zero attached hydrogens (tertiary/aromatic N) is 1. The fourth-order valence-electron chi connectivity index (χ4n) is 2.09. The van der Waals surface area contributed by atoms with E-state index in [4.69, 9.17) is 0 Å². The molecule has 0 fully saturated rings. The van der Waals surface area contributed by atoms with Gasteiger partial charge < -0.3 is 20.6 Å². The number of amides is 2.